The van der Waals surface area contributed by atoms with Crippen molar-refractivity contribution in [2.75, 3.05) is 0 Å². The lowest BCUT2D eigenvalue weighted by Crippen LogP contribution is -2.27. The molecule has 0 bridgehead atoms. The number of hydrogen-bond acceptors (Lipinski definition) is 0. The Morgan fingerprint density at radius 2 is 1.80 bits per heavy atom. The standard InChI is InChI=1S/C16H12FN3/c1-19-14-4-2-3-5-15(14)20-10-13(18-16(19)20)11-6-8-12(17)9-7-11/h2-10H,1H3/p+1. The molecule has 20 heavy (non-hydrogen) atoms. The van der Waals surface area contributed by atoms with E-state index in [-0.39, 0.29) is 5.82 Å². The third-order valence-electron chi connectivity index (χ3n) is 3.71. The van der Waals surface area contributed by atoms with E-state index in [1.165, 1.54) is 17.6 Å². The number of aryl methyl sites for hydroxylation is 1. The van der Waals surface area contributed by atoms with E-state index in [9.17, 15) is 4.39 Å². The van der Waals surface area contributed by atoms with Gasteiger partial charge in [0.05, 0.1) is 7.05 Å². The summed E-state index contributed by atoms with van der Waals surface area (Å²) in [5, 5.41) is 0. The molecule has 0 atom stereocenters. The number of nitrogens with one attached hydrogen (secondary N) is 1. The molecule has 2 aromatic heterocycles. The summed E-state index contributed by atoms with van der Waals surface area (Å²) in [6.07, 6.45) is 2.05. The van der Waals surface area contributed by atoms with Gasteiger partial charge in [-0.2, -0.15) is 4.40 Å². The van der Waals surface area contributed by atoms with Crippen LogP contribution in [0.25, 0.3) is 28.1 Å². The van der Waals surface area contributed by atoms with Gasteiger partial charge in [-0.3, -0.25) is 0 Å². The van der Waals surface area contributed by atoms with E-state index in [4.69, 9.17) is 0 Å². The molecule has 0 unspecified atom stereocenters. The van der Waals surface area contributed by atoms with Crippen molar-refractivity contribution in [2.45, 2.75) is 0 Å². The van der Waals surface area contributed by atoms with Gasteiger partial charge in [-0.25, -0.2) is 13.9 Å². The number of rotatable bonds is 1. The number of H-pyrrole nitrogens is 1. The molecule has 0 spiro atoms. The van der Waals surface area contributed by atoms with Crippen LogP contribution in [0.2, 0.25) is 0 Å². The summed E-state index contributed by atoms with van der Waals surface area (Å²) in [7, 11) is 2.03. The van der Waals surface area contributed by atoms with Crippen LogP contribution >= 0.6 is 0 Å². The van der Waals surface area contributed by atoms with Crippen LogP contribution in [0.3, 0.4) is 0 Å². The highest BCUT2D eigenvalue weighted by Gasteiger charge is 2.18. The molecule has 4 rings (SSSR count). The average Bonchev–Trinajstić information content (AvgIpc) is 3.01. The van der Waals surface area contributed by atoms with Crippen molar-refractivity contribution < 1.29 is 8.96 Å². The number of benzene rings is 2. The number of para-hydroxylation sites is 2. The molecule has 0 amide bonds. The zero-order valence-corrected chi connectivity index (χ0v) is 11.0. The first kappa shape index (κ1) is 11.2. The summed E-state index contributed by atoms with van der Waals surface area (Å²) in [5.74, 6) is 0.786. The molecule has 2 aromatic carbocycles. The van der Waals surface area contributed by atoms with Crippen molar-refractivity contribution in [3.05, 3.63) is 60.5 Å². The van der Waals surface area contributed by atoms with Crippen LogP contribution in [-0.2, 0) is 7.05 Å². The van der Waals surface area contributed by atoms with Crippen LogP contribution in [0.1, 0.15) is 0 Å². The molecule has 0 aliphatic rings. The molecule has 98 valence electrons. The molecule has 1 N–H and O–H groups in total. The Morgan fingerprint density at radius 1 is 1.05 bits per heavy atom. The van der Waals surface area contributed by atoms with E-state index in [0.717, 1.165) is 22.6 Å². The van der Waals surface area contributed by atoms with Crippen molar-refractivity contribution in [3.8, 4) is 11.3 Å². The van der Waals surface area contributed by atoms with E-state index in [2.05, 4.69) is 26.1 Å². The number of aromatic amines is 1. The van der Waals surface area contributed by atoms with Gasteiger partial charge in [0.2, 0.25) is 0 Å². The number of hydrogen-bond donors (Lipinski definition) is 1. The molecular formula is C16H13FN3+. The normalized spacial score (nSPS) is 11.5. The van der Waals surface area contributed by atoms with Crippen molar-refractivity contribution in [1.29, 1.82) is 0 Å². The number of aromatic nitrogens is 3. The molecular weight excluding hydrogens is 253 g/mol. The Balaban J connectivity index is 1.99. The van der Waals surface area contributed by atoms with Gasteiger partial charge >= 0.3 is 5.78 Å². The van der Waals surface area contributed by atoms with Gasteiger partial charge in [0.25, 0.3) is 0 Å². The topological polar surface area (TPSA) is 24.1 Å². The maximum Gasteiger partial charge on any atom is 0.367 e. The monoisotopic (exact) mass is 266 g/mol. The number of halogens is 1. The molecule has 0 saturated carbocycles. The summed E-state index contributed by atoms with van der Waals surface area (Å²) < 4.78 is 17.2. The van der Waals surface area contributed by atoms with Crippen LogP contribution < -0.4 is 4.57 Å². The summed E-state index contributed by atoms with van der Waals surface area (Å²) in [6, 6.07) is 14.7. The highest BCUT2D eigenvalue weighted by atomic mass is 19.1. The lowest BCUT2D eigenvalue weighted by Gasteiger charge is -1.94. The van der Waals surface area contributed by atoms with Crippen LogP contribution in [0.5, 0.6) is 0 Å². The SMILES string of the molecule is C[n+]1c2ccccc2n2cc(-c3ccc(F)cc3)[nH]c21. The highest BCUT2D eigenvalue weighted by Crippen LogP contribution is 2.21. The van der Waals surface area contributed by atoms with Gasteiger partial charge in [-0.05, 0) is 36.4 Å². The molecule has 4 heteroatoms. The fourth-order valence-corrected chi connectivity index (χ4v) is 2.67. The van der Waals surface area contributed by atoms with Crippen LogP contribution in [0.4, 0.5) is 4.39 Å². The molecule has 0 saturated heterocycles. The minimum absolute atomic E-state index is 0.219. The van der Waals surface area contributed by atoms with E-state index < -0.39 is 0 Å². The second-order valence-electron chi connectivity index (χ2n) is 4.92. The Bertz CT molecular complexity index is 916. The first-order valence-corrected chi connectivity index (χ1v) is 6.48. The molecule has 0 fully saturated rings. The zero-order valence-electron chi connectivity index (χ0n) is 11.0. The Labute approximate surface area is 114 Å². The van der Waals surface area contributed by atoms with Crippen molar-refractivity contribution in [3.63, 3.8) is 0 Å². The smallest absolute Gasteiger partial charge is 0.241 e. The quantitative estimate of drug-likeness (QED) is 0.512. The Morgan fingerprint density at radius 3 is 2.60 bits per heavy atom. The van der Waals surface area contributed by atoms with Gasteiger partial charge < -0.3 is 0 Å². The second-order valence-corrected chi connectivity index (χ2v) is 4.92. The first-order chi connectivity index (χ1) is 9.74. The molecule has 3 nitrogen and oxygen atoms in total. The lowest BCUT2D eigenvalue weighted by atomic mass is 10.2. The van der Waals surface area contributed by atoms with Gasteiger partial charge in [-0.1, -0.05) is 12.1 Å². The highest BCUT2D eigenvalue weighted by molar-refractivity contribution is 5.76. The van der Waals surface area contributed by atoms with E-state index in [1.807, 2.05) is 25.4 Å². The first-order valence-electron chi connectivity index (χ1n) is 6.48. The summed E-state index contributed by atoms with van der Waals surface area (Å²) in [4.78, 5) is 3.39. The maximum atomic E-state index is 13.0. The average molecular weight is 266 g/mol. The van der Waals surface area contributed by atoms with Gasteiger partial charge in [0.15, 0.2) is 0 Å². The molecule has 0 aliphatic heterocycles. The number of imidazole rings is 2. The molecule has 2 heterocycles. The fraction of sp³-hybridized carbons (Fsp3) is 0.0625. The predicted molar refractivity (Wildman–Crippen MR) is 75.8 cm³/mol. The van der Waals surface area contributed by atoms with Crippen molar-refractivity contribution >= 4 is 16.8 Å². The van der Waals surface area contributed by atoms with Gasteiger partial charge in [0.1, 0.15) is 28.7 Å². The minimum atomic E-state index is -0.219. The molecule has 0 aliphatic carbocycles. The van der Waals surface area contributed by atoms with E-state index in [0.29, 0.717) is 0 Å². The van der Waals surface area contributed by atoms with Gasteiger partial charge in [-0.15, -0.1) is 0 Å². The molecule has 4 aromatic rings. The fourth-order valence-electron chi connectivity index (χ4n) is 2.67. The zero-order chi connectivity index (χ0) is 13.7. The van der Waals surface area contributed by atoms with Crippen LogP contribution in [-0.4, -0.2) is 9.38 Å². The lowest BCUT2D eigenvalue weighted by molar-refractivity contribution is -0.620. The van der Waals surface area contributed by atoms with Crippen LogP contribution in [0.15, 0.2) is 54.7 Å². The largest absolute Gasteiger partial charge is 0.367 e. The Hall–Kier alpha value is -2.62. The number of fused-ring (bicyclic) bond motifs is 3. The predicted octanol–water partition coefficient (Wildman–Crippen LogP) is 3.05. The van der Waals surface area contributed by atoms with Crippen molar-refractivity contribution in [1.82, 2.24) is 9.38 Å². The van der Waals surface area contributed by atoms with Gasteiger partial charge in [0, 0.05) is 5.56 Å². The Kier molecular flexibility index (Phi) is 2.21. The summed E-state index contributed by atoms with van der Waals surface area (Å²) >= 11 is 0. The van der Waals surface area contributed by atoms with E-state index >= 15 is 0 Å². The second kappa shape index (κ2) is 3.93. The third-order valence-corrected chi connectivity index (χ3v) is 3.71. The van der Waals surface area contributed by atoms with Crippen LogP contribution in [0, 0.1) is 5.82 Å². The third kappa shape index (κ3) is 1.48. The molecule has 0 radical (unpaired) electrons. The summed E-state index contributed by atoms with van der Waals surface area (Å²) in [5.41, 5.74) is 4.26. The minimum Gasteiger partial charge on any atom is -0.241 e. The van der Waals surface area contributed by atoms with E-state index in [1.54, 1.807) is 12.1 Å². The number of nitrogens with zero attached hydrogens (tertiary/aromatic N) is 2. The summed E-state index contributed by atoms with van der Waals surface area (Å²) in [6.45, 7) is 0. The van der Waals surface area contributed by atoms with Crippen molar-refractivity contribution in [2.24, 2.45) is 7.05 Å². The maximum absolute atomic E-state index is 13.0.